The average molecular weight is 439 g/mol. The summed E-state index contributed by atoms with van der Waals surface area (Å²) in [7, 11) is -4.79. The van der Waals surface area contributed by atoms with Crippen LogP contribution >= 0.6 is 6.83 Å². The van der Waals surface area contributed by atoms with Gasteiger partial charge in [-0.1, -0.05) is 0 Å². The Morgan fingerprint density at radius 3 is 0.867 bits per heavy atom. The van der Waals surface area contributed by atoms with E-state index in [0.29, 0.717) is 21.2 Å². The Labute approximate surface area is 177 Å². The maximum atomic E-state index is 12.4. The minimum absolute atomic E-state index is 0.624. The molecule has 0 unspecified atom stereocenters. The van der Waals surface area contributed by atoms with Gasteiger partial charge in [0.1, 0.15) is 0 Å². The van der Waals surface area contributed by atoms with E-state index in [1.54, 1.807) is 0 Å². The fourth-order valence-electron chi connectivity index (χ4n) is 4.07. The standard InChI is InChI=1S/C24H20ClO4P/c26-25(27,28)29-30(21-13-5-1-6-14-21,22-15-7-2-8-16-22,23-17-9-3-10-18-23)24-19-11-4-12-20-24/h1-20H. The van der Waals surface area contributed by atoms with Crippen LogP contribution < -0.4 is 35.2 Å². The topological polar surface area (TPSA) is 78.4 Å². The van der Waals surface area contributed by atoms with Crippen LogP contribution in [-0.2, 0) is 4.08 Å². The van der Waals surface area contributed by atoms with E-state index in [1.165, 1.54) is 0 Å². The van der Waals surface area contributed by atoms with Crippen LogP contribution in [-0.4, -0.2) is 0 Å². The third-order valence-electron chi connectivity index (χ3n) is 5.22. The molecule has 4 aromatic carbocycles. The zero-order chi connectivity index (χ0) is 21.1. The Balaban J connectivity index is 2.31. The van der Waals surface area contributed by atoms with Crippen molar-refractivity contribution >= 4 is 28.0 Å². The molecule has 0 heterocycles. The fourth-order valence-corrected chi connectivity index (χ4v) is 11.5. The van der Waals surface area contributed by atoms with E-state index < -0.39 is 17.1 Å². The van der Waals surface area contributed by atoms with Gasteiger partial charge in [0.2, 0.25) is 0 Å². The molecule has 0 N–H and O–H groups in total. The molecule has 0 radical (unpaired) electrons. The summed E-state index contributed by atoms with van der Waals surface area (Å²) in [6.07, 6.45) is 0. The van der Waals surface area contributed by atoms with Gasteiger partial charge < -0.3 is 0 Å². The maximum absolute atomic E-state index is 12.4. The summed E-state index contributed by atoms with van der Waals surface area (Å²) >= 11 is 0. The first-order valence-corrected chi connectivity index (χ1v) is 12.7. The molecule has 0 saturated heterocycles. The van der Waals surface area contributed by atoms with Crippen LogP contribution in [0.25, 0.3) is 0 Å². The number of benzene rings is 4. The van der Waals surface area contributed by atoms with E-state index in [1.807, 2.05) is 121 Å². The van der Waals surface area contributed by atoms with Crippen molar-refractivity contribution in [3.05, 3.63) is 121 Å². The predicted molar refractivity (Wildman–Crippen MR) is 112 cm³/mol. The van der Waals surface area contributed by atoms with Crippen LogP contribution in [0.15, 0.2) is 121 Å². The quantitative estimate of drug-likeness (QED) is 0.415. The van der Waals surface area contributed by atoms with Gasteiger partial charge in [-0.15, -0.1) is 0 Å². The van der Waals surface area contributed by atoms with Crippen molar-refractivity contribution in [2.45, 2.75) is 0 Å². The molecule has 0 fully saturated rings. The molecule has 4 rings (SSSR count). The van der Waals surface area contributed by atoms with E-state index in [-0.39, 0.29) is 0 Å². The average Bonchev–Trinajstić information content (AvgIpc) is 2.79. The zero-order valence-corrected chi connectivity index (χ0v) is 17.7. The van der Waals surface area contributed by atoms with Crippen molar-refractivity contribution in [1.29, 1.82) is 0 Å². The Morgan fingerprint density at radius 1 is 0.433 bits per heavy atom. The van der Waals surface area contributed by atoms with Crippen LogP contribution in [0.5, 0.6) is 0 Å². The molecule has 0 aromatic heterocycles. The monoisotopic (exact) mass is 438 g/mol. The summed E-state index contributed by atoms with van der Waals surface area (Å²) in [5.74, 6) is 0. The Bertz CT molecular complexity index is 932. The summed E-state index contributed by atoms with van der Waals surface area (Å²) in [5, 5.41) is 2.50. The summed E-state index contributed by atoms with van der Waals surface area (Å²) in [4.78, 5) is 0. The number of hydrogen-bond acceptors (Lipinski definition) is 4. The van der Waals surface area contributed by atoms with Crippen molar-refractivity contribution in [2.75, 3.05) is 0 Å². The van der Waals surface area contributed by atoms with Gasteiger partial charge in [0.25, 0.3) is 0 Å². The van der Waals surface area contributed by atoms with Gasteiger partial charge >= 0.3 is 178 Å². The molecule has 4 aromatic rings. The van der Waals surface area contributed by atoms with Crippen LogP contribution in [0.3, 0.4) is 0 Å². The molecule has 0 saturated carbocycles. The zero-order valence-electron chi connectivity index (χ0n) is 16.0. The van der Waals surface area contributed by atoms with Crippen molar-refractivity contribution < 1.29 is 28.3 Å². The SMILES string of the molecule is [O-][Cl+3]([O-])([O-])OP(c1ccccc1)(c1ccccc1)(c1ccccc1)c1ccccc1. The van der Waals surface area contributed by atoms with Gasteiger partial charge in [0.05, 0.1) is 0 Å². The third kappa shape index (κ3) is 3.24. The van der Waals surface area contributed by atoms with Crippen molar-refractivity contribution in [3.8, 4) is 0 Å². The molecular weight excluding hydrogens is 419 g/mol. The van der Waals surface area contributed by atoms with Gasteiger partial charge in [-0.3, -0.25) is 0 Å². The van der Waals surface area contributed by atoms with Crippen molar-refractivity contribution in [3.63, 3.8) is 0 Å². The fraction of sp³-hybridized carbons (Fsp3) is 0. The third-order valence-corrected chi connectivity index (χ3v) is 12.1. The van der Waals surface area contributed by atoms with Crippen LogP contribution in [0.2, 0.25) is 0 Å². The number of hydrogen-bond donors (Lipinski definition) is 0. The Hall–Kier alpha value is -2.56. The summed E-state index contributed by atoms with van der Waals surface area (Å²) in [6, 6.07) is 36.6. The Morgan fingerprint density at radius 2 is 0.667 bits per heavy atom. The van der Waals surface area contributed by atoms with E-state index >= 15 is 0 Å². The second kappa shape index (κ2) is 7.93. The van der Waals surface area contributed by atoms with Crippen LogP contribution in [0.4, 0.5) is 0 Å². The van der Waals surface area contributed by atoms with Gasteiger partial charge in [-0.05, 0) is 0 Å². The second-order valence-electron chi connectivity index (χ2n) is 6.83. The molecule has 4 nitrogen and oxygen atoms in total. The Kier molecular flexibility index (Phi) is 5.48. The second-order valence-corrected chi connectivity index (χ2v) is 12.3. The van der Waals surface area contributed by atoms with Gasteiger partial charge in [0.15, 0.2) is 0 Å². The van der Waals surface area contributed by atoms with Crippen molar-refractivity contribution in [2.24, 2.45) is 0 Å². The molecule has 30 heavy (non-hydrogen) atoms. The van der Waals surface area contributed by atoms with Gasteiger partial charge in [0, 0.05) is 0 Å². The molecule has 0 spiro atoms. The number of halogens is 1. The summed E-state index contributed by atoms with van der Waals surface area (Å²) < 4.78 is 43.0. The summed E-state index contributed by atoms with van der Waals surface area (Å²) in [5.41, 5.74) is 0. The van der Waals surface area contributed by atoms with Crippen LogP contribution in [0, 0.1) is 10.2 Å². The normalized spacial score (nSPS) is 13.4. The molecule has 0 amide bonds. The first-order chi connectivity index (χ1) is 14.5. The van der Waals surface area contributed by atoms with Gasteiger partial charge in [-0.25, -0.2) is 0 Å². The van der Waals surface area contributed by atoms with Gasteiger partial charge in [-0.2, -0.15) is 0 Å². The molecule has 152 valence electrons. The molecule has 0 aliphatic carbocycles. The first kappa shape index (κ1) is 20.7. The van der Waals surface area contributed by atoms with Crippen molar-refractivity contribution in [1.82, 2.24) is 0 Å². The predicted octanol–water partition coefficient (Wildman–Crippen LogP) is 0.671. The van der Waals surface area contributed by atoms with Crippen LogP contribution in [0.1, 0.15) is 0 Å². The molecular formula is C24H20ClO4P. The van der Waals surface area contributed by atoms with E-state index in [9.17, 15) is 14.0 Å². The summed E-state index contributed by atoms with van der Waals surface area (Å²) in [6.45, 7) is -4.43. The van der Waals surface area contributed by atoms with E-state index in [0.717, 1.165) is 0 Å². The first-order valence-electron chi connectivity index (χ1n) is 9.34. The van der Waals surface area contributed by atoms with E-state index in [4.69, 9.17) is 4.08 Å². The van der Waals surface area contributed by atoms with E-state index in [2.05, 4.69) is 0 Å². The molecule has 0 bridgehead atoms. The molecule has 6 heteroatoms. The molecule has 0 aliphatic heterocycles. The minimum atomic E-state index is -4.79. The molecule has 0 aliphatic rings. The number of rotatable bonds is 6. The molecule has 0 atom stereocenters.